The average molecular weight is 558 g/mol. The number of rotatable bonds is 8. The van der Waals surface area contributed by atoms with Crippen LogP contribution in [0, 0.1) is 12.4 Å². The Hall–Kier alpha value is -4.39. The lowest BCUT2D eigenvalue weighted by Crippen LogP contribution is -2.44. The van der Waals surface area contributed by atoms with Crippen molar-refractivity contribution >= 4 is 46.1 Å². The molecular formula is C30H29ClFN7O. The van der Waals surface area contributed by atoms with Gasteiger partial charge in [0.05, 0.1) is 12.8 Å². The molecule has 204 valence electrons. The highest BCUT2D eigenvalue weighted by Crippen LogP contribution is 2.40. The molecule has 0 amide bonds. The van der Waals surface area contributed by atoms with Gasteiger partial charge < -0.3 is 25.2 Å². The maximum absolute atomic E-state index is 14.3. The maximum Gasteiger partial charge on any atom is 0.250 e. The minimum absolute atomic E-state index is 0.231. The third-order valence-electron chi connectivity index (χ3n) is 6.75. The van der Waals surface area contributed by atoms with Gasteiger partial charge in [0.2, 0.25) is 5.95 Å². The fourth-order valence-electron chi connectivity index (χ4n) is 4.48. The number of hydrogen-bond acceptors (Lipinski definition) is 7. The molecule has 10 heteroatoms. The van der Waals surface area contributed by atoms with E-state index in [0.29, 0.717) is 28.8 Å². The van der Waals surface area contributed by atoms with E-state index in [4.69, 9.17) is 22.9 Å². The minimum atomic E-state index is -0.599. The van der Waals surface area contributed by atoms with E-state index in [-0.39, 0.29) is 16.5 Å². The van der Waals surface area contributed by atoms with Gasteiger partial charge in [0.25, 0.3) is 5.69 Å². The SMILES string of the molecule is [C-]#[N+]c1c(Nc2nc(Nc3ccc(N4CCN(C)CC4)cc3)ncc2Cl)cccc1O[C@H](C)c1ccccc1F. The van der Waals surface area contributed by atoms with Crippen LogP contribution >= 0.6 is 11.6 Å². The standard InChI is InChI=1S/C30H29ClFN7O/c1-20(23-7-4-5-8-25(23)32)40-27-10-6-9-26(28(27)33-2)36-29-24(31)19-34-30(37-29)35-21-11-13-22(14-12-21)39-17-15-38(3)16-18-39/h4-14,19-20H,15-18H2,1,3H3,(H2,34,35,36,37)/t20-/m1/s1. The molecule has 0 saturated carbocycles. The van der Waals surface area contributed by atoms with Crippen molar-refractivity contribution in [1.29, 1.82) is 0 Å². The van der Waals surface area contributed by atoms with Crippen LogP contribution in [0.2, 0.25) is 5.02 Å². The molecule has 1 fully saturated rings. The molecule has 8 nitrogen and oxygen atoms in total. The number of anilines is 5. The van der Waals surface area contributed by atoms with Crippen molar-refractivity contribution in [2.45, 2.75) is 13.0 Å². The Morgan fingerprint density at radius 3 is 2.48 bits per heavy atom. The van der Waals surface area contributed by atoms with Crippen LogP contribution in [-0.2, 0) is 0 Å². The van der Waals surface area contributed by atoms with Gasteiger partial charge in [0.1, 0.15) is 22.7 Å². The van der Waals surface area contributed by atoms with Crippen LogP contribution in [0.15, 0.2) is 72.9 Å². The Morgan fingerprint density at radius 1 is 1.00 bits per heavy atom. The monoisotopic (exact) mass is 557 g/mol. The summed E-state index contributed by atoms with van der Waals surface area (Å²) in [5, 5.41) is 6.64. The number of benzene rings is 3. The summed E-state index contributed by atoms with van der Waals surface area (Å²) in [6, 6.07) is 19.7. The number of piperazine rings is 1. The Morgan fingerprint density at radius 2 is 1.75 bits per heavy atom. The molecule has 2 heterocycles. The molecule has 0 aliphatic carbocycles. The first-order chi connectivity index (χ1) is 19.4. The zero-order chi connectivity index (χ0) is 28.1. The molecule has 5 rings (SSSR count). The van der Waals surface area contributed by atoms with Crippen LogP contribution in [0.3, 0.4) is 0 Å². The van der Waals surface area contributed by atoms with E-state index in [9.17, 15) is 4.39 Å². The quantitative estimate of drug-likeness (QED) is 0.222. The Bertz CT molecular complexity index is 1520. The topological polar surface area (TPSA) is 69.9 Å². The summed E-state index contributed by atoms with van der Waals surface area (Å²) < 4.78 is 20.3. The molecule has 4 aromatic rings. The molecular weight excluding hydrogens is 529 g/mol. The van der Waals surface area contributed by atoms with Crippen molar-refractivity contribution in [2.75, 3.05) is 48.8 Å². The largest absolute Gasteiger partial charge is 0.497 e. The summed E-state index contributed by atoms with van der Waals surface area (Å²) >= 11 is 6.41. The molecule has 1 aliphatic rings. The van der Waals surface area contributed by atoms with Crippen molar-refractivity contribution in [2.24, 2.45) is 0 Å². The van der Waals surface area contributed by atoms with Crippen LogP contribution in [0.25, 0.3) is 4.85 Å². The fraction of sp³-hybridized carbons (Fsp3) is 0.233. The van der Waals surface area contributed by atoms with E-state index in [0.717, 1.165) is 31.9 Å². The first-order valence-electron chi connectivity index (χ1n) is 12.9. The van der Waals surface area contributed by atoms with E-state index in [2.05, 4.69) is 54.4 Å². The predicted octanol–water partition coefficient (Wildman–Crippen LogP) is 7.20. The third-order valence-corrected chi connectivity index (χ3v) is 7.02. The third kappa shape index (κ3) is 6.25. The van der Waals surface area contributed by atoms with Crippen molar-refractivity contribution in [3.63, 3.8) is 0 Å². The summed E-state index contributed by atoms with van der Waals surface area (Å²) in [4.78, 5) is 17.2. The molecule has 1 atom stereocenters. The summed E-state index contributed by atoms with van der Waals surface area (Å²) in [6.45, 7) is 13.6. The van der Waals surface area contributed by atoms with Gasteiger partial charge >= 0.3 is 0 Å². The van der Waals surface area contributed by atoms with Gasteiger partial charge in [-0.1, -0.05) is 35.9 Å². The smallest absolute Gasteiger partial charge is 0.250 e. The zero-order valence-electron chi connectivity index (χ0n) is 22.2. The Kier molecular flexibility index (Phi) is 8.29. The number of ether oxygens (including phenoxy) is 1. The lowest BCUT2D eigenvalue weighted by Gasteiger charge is -2.34. The Balaban J connectivity index is 1.31. The van der Waals surface area contributed by atoms with E-state index in [1.165, 1.54) is 18.0 Å². The van der Waals surface area contributed by atoms with Gasteiger partial charge in [-0.15, -0.1) is 0 Å². The van der Waals surface area contributed by atoms with Gasteiger partial charge in [0.15, 0.2) is 5.82 Å². The van der Waals surface area contributed by atoms with Gasteiger partial charge in [-0.25, -0.2) is 14.2 Å². The van der Waals surface area contributed by atoms with Crippen LogP contribution in [-0.4, -0.2) is 48.1 Å². The Labute approximate surface area is 238 Å². The molecule has 0 radical (unpaired) electrons. The number of para-hydroxylation sites is 1. The molecule has 0 unspecified atom stereocenters. The first kappa shape index (κ1) is 27.2. The van der Waals surface area contributed by atoms with Crippen LogP contribution < -0.4 is 20.3 Å². The number of likely N-dealkylation sites (N-methyl/N-ethyl adjacent to an activating group) is 1. The predicted molar refractivity (Wildman–Crippen MR) is 158 cm³/mol. The van der Waals surface area contributed by atoms with E-state index < -0.39 is 6.10 Å². The fourth-order valence-corrected chi connectivity index (χ4v) is 4.62. The number of halogens is 2. The number of hydrogen-bond donors (Lipinski definition) is 2. The molecule has 2 N–H and O–H groups in total. The maximum atomic E-state index is 14.3. The van der Waals surface area contributed by atoms with Crippen molar-refractivity contribution in [3.8, 4) is 5.75 Å². The van der Waals surface area contributed by atoms with Crippen molar-refractivity contribution in [3.05, 3.63) is 101 Å². The summed E-state index contributed by atoms with van der Waals surface area (Å²) in [7, 11) is 2.14. The lowest BCUT2D eigenvalue weighted by molar-refractivity contribution is 0.223. The second-order valence-electron chi connectivity index (χ2n) is 9.52. The van der Waals surface area contributed by atoms with E-state index >= 15 is 0 Å². The zero-order valence-corrected chi connectivity index (χ0v) is 23.0. The van der Waals surface area contributed by atoms with Crippen LogP contribution in [0.4, 0.5) is 38.9 Å². The molecule has 0 bridgehead atoms. The number of aromatic nitrogens is 2. The molecule has 1 aliphatic heterocycles. The summed E-state index contributed by atoms with van der Waals surface area (Å²) in [5.41, 5.74) is 3.11. The number of nitrogens with zero attached hydrogens (tertiary/aromatic N) is 5. The van der Waals surface area contributed by atoms with Crippen LogP contribution in [0.1, 0.15) is 18.6 Å². The van der Waals surface area contributed by atoms with Gasteiger partial charge in [-0.3, -0.25) is 0 Å². The summed E-state index contributed by atoms with van der Waals surface area (Å²) in [6.07, 6.45) is 0.897. The van der Waals surface area contributed by atoms with Gasteiger partial charge in [-0.05, 0) is 56.4 Å². The number of nitrogens with one attached hydrogen (secondary N) is 2. The second kappa shape index (κ2) is 12.2. The van der Waals surface area contributed by atoms with Gasteiger partial charge in [0, 0.05) is 48.8 Å². The van der Waals surface area contributed by atoms with E-state index in [1.54, 1.807) is 43.3 Å². The van der Waals surface area contributed by atoms with Crippen molar-refractivity contribution in [1.82, 2.24) is 14.9 Å². The second-order valence-corrected chi connectivity index (χ2v) is 9.93. The molecule has 1 saturated heterocycles. The molecule has 3 aromatic carbocycles. The summed E-state index contributed by atoms with van der Waals surface area (Å²) in [5.74, 6) is 0.636. The first-order valence-corrected chi connectivity index (χ1v) is 13.3. The van der Waals surface area contributed by atoms with Crippen LogP contribution in [0.5, 0.6) is 5.75 Å². The van der Waals surface area contributed by atoms with Crippen molar-refractivity contribution < 1.29 is 9.13 Å². The lowest BCUT2D eigenvalue weighted by atomic mass is 10.1. The highest BCUT2D eigenvalue weighted by Gasteiger charge is 2.18. The molecule has 40 heavy (non-hydrogen) atoms. The molecule has 1 aromatic heterocycles. The highest BCUT2D eigenvalue weighted by molar-refractivity contribution is 6.33. The molecule has 0 spiro atoms. The average Bonchev–Trinajstić information content (AvgIpc) is 2.96. The van der Waals surface area contributed by atoms with E-state index in [1.807, 2.05) is 12.1 Å². The van der Waals surface area contributed by atoms with Gasteiger partial charge in [-0.2, -0.15) is 4.98 Å². The normalized spacial score (nSPS) is 14.3. The minimum Gasteiger partial charge on any atom is -0.497 e. The highest BCUT2D eigenvalue weighted by atomic mass is 35.5.